The molecule has 0 saturated heterocycles. The smallest absolute Gasteiger partial charge is 0.223 e. The molecule has 3 aromatic rings. The fourth-order valence-electron chi connectivity index (χ4n) is 2.17. The minimum Gasteiger partial charge on any atom is -0.340 e. The van der Waals surface area contributed by atoms with E-state index in [4.69, 9.17) is 27.7 Å². The summed E-state index contributed by atoms with van der Waals surface area (Å²) < 4.78 is 20.4. The highest BCUT2D eigenvalue weighted by Gasteiger charge is 2.15. The molecule has 0 unspecified atom stereocenters. The van der Waals surface area contributed by atoms with Gasteiger partial charge in [-0.05, 0) is 6.07 Å². The fraction of sp³-hybridized carbons (Fsp3) is 0.308. The Balaban J connectivity index is 2.12. The highest BCUT2D eigenvalue weighted by atomic mass is 35.5. The van der Waals surface area contributed by atoms with Crippen molar-refractivity contribution in [1.29, 1.82) is 0 Å². The van der Waals surface area contributed by atoms with Crippen molar-refractivity contribution in [3.63, 3.8) is 0 Å². The van der Waals surface area contributed by atoms with E-state index in [2.05, 4.69) is 15.1 Å². The number of imidazole rings is 1. The van der Waals surface area contributed by atoms with Gasteiger partial charge in [0.2, 0.25) is 5.89 Å². The van der Waals surface area contributed by atoms with Gasteiger partial charge in [0.05, 0.1) is 22.6 Å². The van der Waals surface area contributed by atoms with Gasteiger partial charge in [0.25, 0.3) is 0 Å². The Labute approximate surface area is 129 Å². The van der Waals surface area contributed by atoms with Crippen molar-refractivity contribution >= 4 is 34.2 Å². The average molecular weight is 329 g/mol. The Kier molecular flexibility index (Phi) is 3.82. The topological polar surface area (TPSA) is 56.7 Å². The van der Waals surface area contributed by atoms with Crippen LogP contribution in [0.5, 0.6) is 0 Å². The molecule has 0 bridgehead atoms. The Bertz CT molecular complexity index is 799. The van der Waals surface area contributed by atoms with Gasteiger partial charge < -0.3 is 9.09 Å². The molecule has 2 heterocycles. The third kappa shape index (κ3) is 2.73. The third-order valence-electron chi connectivity index (χ3n) is 3.06. The first-order valence-corrected chi connectivity index (χ1v) is 7.19. The predicted octanol–water partition coefficient (Wildman–Crippen LogP) is 3.35. The molecule has 1 aromatic carbocycles. The summed E-state index contributed by atoms with van der Waals surface area (Å²) in [6, 6.07) is 2.86. The van der Waals surface area contributed by atoms with Crippen molar-refractivity contribution in [2.75, 3.05) is 5.88 Å². The van der Waals surface area contributed by atoms with Crippen LogP contribution in [-0.4, -0.2) is 25.6 Å². The first kappa shape index (κ1) is 14.3. The molecule has 5 nitrogen and oxygen atoms in total. The van der Waals surface area contributed by atoms with E-state index in [0.717, 1.165) is 5.82 Å². The number of aryl methyl sites for hydroxylation is 2. The van der Waals surface area contributed by atoms with E-state index in [1.165, 1.54) is 6.07 Å². The monoisotopic (exact) mass is 328 g/mol. The molecule has 0 saturated carbocycles. The molecule has 8 heteroatoms. The van der Waals surface area contributed by atoms with E-state index in [0.29, 0.717) is 41.6 Å². The van der Waals surface area contributed by atoms with Crippen molar-refractivity contribution in [2.45, 2.75) is 19.9 Å². The van der Waals surface area contributed by atoms with Crippen LogP contribution < -0.4 is 0 Å². The van der Waals surface area contributed by atoms with E-state index in [9.17, 15) is 4.39 Å². The second-order valence-corrected chi connectivity index (χ2v) is 5.32. The number of aromatic nitrogens is 4. The summed E-state index contributed by atoms with van der Waals surface area (Å²) in [7, 11) is 0. The maximum absolute atomic E-state index is 13.6. The standard InChI is InChI=1S/C13H11Cl2FN4O/c1-7-17-12(19-21-7)6-20-11-4-8(15)9(16)5-10(11)18-13(20)2-3-14/h4-5H,2-3,6H2,1H3. The SMILES string of the molecule is Cc1nc(Cn2c(CCCl)nc3cc(F)c(Cl)cc32)no1. The minimum absolute atomic E-state index is 0.0466. The van der Waals surface area contributed by atoms with Crippen molar-refractivity contribution in [1.82, 2.24) is 19.7 Å². The molecule has 0 N–H and O–H groups in total. The van der Waals surface area contributed by atoms with Gasteiger partial charge >= 0.3 is 0 Å². The number of hydrogen-bond donors (Lipinski definition) is 0. The lowest BCUT2D eigenvalue weighted by Crippen LogP contribution is -2.07. The number of rotatable bonds is 4. The number of alkyl halides is 1. The molecule has 0 fully saturated rings. The van der Waals surface area contributed by atoms with Crippen LogP contribution in [0.15, 0.2) is 16.7 Å². The summed E-state index contributed by atoms with van der Waals surface area (Å²) in [6.07, 6.45) is 0.548. The first-order chi connectivity index (χ1) is 10.1. The lowest BCUT2D eigenvalue weighted by molar-refractivity contribution is 0.386. The number of nitrogens with zero attached hydrogens (tertiary/aromatic N) is 4. The largest absolute Gasteiger partial charge is 0.340 e. The van der Waals surface area contributed by atoms with Gasteiger partial charge in [-0.2, -0.15) is 4.98 Å². The molecule has 2 aromatic heterocycles. The zero-order valence-electron chi connectivity index (χ0n) is 11.1. The summed E-state index contributed by atoms with van der Waals surface area (Å²) in [6.45, 7) is 2.08. The predicted molar refractivity (Wildman–Crippen MR) is 77.3 cm³/mol. The van der Waals surface area contributed by atoms with Crippen molar-refractivity contribution in [2.24, 2.45) is 0 Å². The number of halogens is 3. The van der Waals surface area contributed by atoms with Gasteiger partial charge in [-0.25, -0.2) is 9.37 Å². The quantitative estimate of drug-likeness (QED) is 0.689. The Morgan fingerprint density at radius 3 is 2.81 bits per heavy atom. The number of benzene rings is 1. The molecule has 21 heavy (non-hydrogen) atoms. The molecule has 0 aliphatic heterocycles. The Morgan fingerprint density at radius 2 is 2.14 bits per heavy atom. The van der Waals surface area contributed by atoms with Crippen LogP contribution in [-0.2, 0) is 13.0 Å². The van der Waals surface area contributed by atoms with Crippen LogP contribution in [0.25, 0.3) is 11.0 Å². The lowest BCUT2D eigenvalue weighted by atomic mass is 10.3. The maximum Gasteiger partial charge on any atom is 0.223 e. The normalized spacial score (nSPS) is 11.4. The van der Waals surface area contributed by atoms with Crippen molar-refractivity contribution in [3.8, 4) is 0 Å². The van der Waals surface area contributed by atoms with Gasteiger partial charge in [-0.1, -0.05) is 16.8 Å². The van der Waals surface area contributed by atoms with E-state index in [1.807, 2.05) is 4.57 Å². The molecule has 0 aliphatic carbocycles. The zero-order valence-corrected chi connectivity index (χ0v) is 12.6. The fourth-order valence-corrected chi connectivity index (χ4v) is 2.50. The van der Waals surface area contributed by atoms with Crippen LogP contribution in [0.4, 0.5) is 4.39 Å². The second kappa shape index (κ2) is 5.61. The van der Waals surface area contributed by atoms with E-state index < -0.39 is 5.82 Å². The summed E-state index contributed by atoms with van der Waals surface area (Å²) in [5, 5.41) is 3.91. The second-order valence-electron chi connectivity index (χ2n) is 4.54. The summed E-state index contributed by atoms with van der Waals surface area (Å²) in [4.78, 5) is 8.57. The molecule has 110 valence electrons. The molecular weight excluding hydrogens is 318 g/mol. The van der Waals surface area contributed by atoms with Crippen LogP contribution >= 0.6 is 23.2 Å². The van der Waals surface area contributed by atoms with Gasteiger partial charge in [0, 0.05) is 25.3 Å². The van der Waals surface area contributed by atoms with Gasteiger partial charge in [0.1, 0.15) is 11.6 Å². The highest BCUT2D eigenvalue weighted by Crippen LogP contribution is 2.24. The van der Waals surface area contributed by atoms with Crippen LogP contribution in [0.1, 0.15) is 17.5 Å². The van der Waals surface area contributed by atoms with Gasteiger partial charge in [0.15, 0.2) is 5.82 Å². The summed E-state index contributed by atoms with van der Waals surface area (Å²) in [5.41, 5.74) is 1.24. The maximum atomic E-state index is 13.6. The molecule has 3 rings (SSSR count). The Hall–Kier alpha value is -1.66. The van der Waals surface area contributed by atoms with Gasteiger partial charge in [-0.3, -0.25) is 0 Å². The van der Waals surface area contributed by atoms with E-state index in [1.54, 1.807) is 13.0 Å². The third-order valence-corrected chi connectivity index (χ3v) is 3.54. The molecule has 0 radical (unpaired) electrons. The molecule has 0 amide bonds. The van der Waals surface area contributed by atoms with E-state index >= 15 is 0 Å². The Morgan fingerprint density at radius 1 is 1.33 bits per heavy atom. The molecular formula is C13H11Cl2FN4O. The number of fused-ring (bicyclic) bond motifs is 1. The minimum atomic E-state index is -0.498. The van der Waals surface area contributed by atoms with Crippen molar-refractivity contribution in [3.05, 3.63) is 40.5 Å². The van der Waals surface area contributed by atoms with E-state index in [-0.39, 0.29) is 5.02 Å². The highest BCUT2D eigenvalue weighted by molar-refractivity contribution is 6.31. The first-order valence-electron chi connectivity index (χ1n) is 6.28. The summed E-state index contributed by atoms with van der Waals surface area (Å²) >= 11 is 11.7. The van der Waals surface area contributed by atoms with Gasteiger partial charge in [-0.15, -0.1) is 11.6 Å². The average Bonchev–Trinajstić information content (AvgIpc) is 2.97. The molecule has 0 spiro atoms. The van der Waals surface area contributed by atoms with Crippen LogP contribution in [0, 0.1) is 12.7 Å². The van der Waals surface area contributed by atoms with Crippen molar-refractivity contribution < 1.29 is 8.91 Å². The molecule has 0 aliphatic rings. The number of hydrogen-bond acceptors (Lipinski definition) is 4. The van der Waals surface area contributed by atoms with Crippen LogP contribution in [0.3, 0.4) is 0 Å². The van der Waals surface area contributed by atoms with Crippen LogP contribution in [0.2, 0.25) is 5.02 Å². The molecule has 0 atom stereocenters. The summed E-state index contributed by atoms with van der Waals surface area (Å²) in [5.74, 6) is 1.64. The zero-order chi connectivity index (χ0) is 15.0. The lowest BCUT2D eigenvalue weighted by Gasteiger charge is -2.05.